The third kappa shape index (κ3) is 6.93. The summed E-state index contributed by atoms with van der Waals surface area (Å²) < 4.78 is 11.1. The molecule has 5 heteroatoms. The lowest BCUT2D eigenvalue weighted by Crippen LogP contribution is -2.45. The maximum atomic E-state index is 11.6. The molecule has 0 amide bonds. The van der Waals surface area contributed by atoms with Gasteiger partial charge in [0.05, 0.1) is 25.7 Å². The molecule has 0 bridgehead atoms. The molecule has 4 nitrogen and oxygen atoms in total. The Bertz CT molecular complexity index is 323. The molecule has 0 rings (SSSR count). The van der Waals surface area contributed by atoms with Gasteiger partial charge in [-0.3, -0.25) is 4.79 Å². The molecule has 0 unspecified atom stereocenters. The Morgan fingerprint density at radius 2 is 1.81 bits per heavy atom. The average Bonchev–Trinajstić information content (AvgIpc) is 2.35. The Labute approximate surface area is 131 Å². The van der Waals surface area contributed by atoms with Gasteiger partial charge in [0.1, 0.15) is 0 Å². The number of esters is 1. The summed E-state index contributed by atoms with van der Waals surface area (Å²) in [6.07, 6.45) is 0.871. The van der Waals surface area contributed by atoms with Crippen LogP contribution in [0.4, 0.5) is 0 Å². The number of methoxy groups -OCH3 is 1. The third-order valence-corrected chi connectivity index (χ3v) is 9.23. The fourth-order valence-electron chi connectivity index (χ4n) is 1.81. The topological polar surface area (TPSA) is 55.8 Å². The summed E-state index contributed by atoms with van der Waals surface area (Å²) in [6.45, 7) is 14.9. The summed E-state index contributed by atoms with van der Waals surface area (Å²) in [7, 11) is -0.593. The maximum Gasteiger partial charge on any atom is 0.308 e. The summed E-state index contributed by atoms with van der Waals surface area (Å²) >= 11 is 0. The molecule has 0 saturated carbocycles. The molecule has 0 saturated heterocycles. The van der Waals surface area contributed by atoms with Gasteiger partial charge in [0.25, 0.3) is 0 Å². The van der Waals surface area contributed by atoms with Crippen LogP contribution in [0, 0.1) is 5.92 Å². The minimum Gasteiger partial charge on any atom is -0.469 e. The summed E-state index contributed by atoms with van der Waals surface area (Å²) in [5.74, 6) is -0.0803. The first-order valence-electron chi connectivity index (χ1n) is 7.87. The van der Waals surface area contributed by atoms with E-state index in [0.717, 1.165) is 6.42 Å². The van der Waals surface area contributed by atoms with Gasteiger partial charge in [0.2, 0.25) is 0 Å². The van der Waals surface area contributed by atoms with Gasteiger partial charge in [0.15, 0.2) is 8.32 Å². The fourth-order valence-corrected chi connectivity index (χ4v) is 3.18. The number of aliphatic hydroxyl groups excluding tert-OH is 1. The van der Waals surface area contributed by atoms with Crippen LogP contribution >= 0.6 is 0 Å². The second-order valence-electron chi connectivity index (χ2n) is 7.47. The van der Waals surface area contributed by atoms with Crippen molar-refractivity contribution in [2.45, 2.75) is 84.2 Å². The van der Waals surface area contributed by atoms with E-state index < -0.39 is 14.4 Å². The van der Waals surface area contributed by atoms with Crippen LogP contribution < -0.4 is 0 Å². The first-order valence-corrected chi connectivity index (χ1v) is 10.8. The van der Waals surface area contributed by atoms with Gasteiger partial charge in [-0.1, -0.05) is 41.0 Å². The lowest BCUT2D eigenvalue weighted by Gasteiger charge is -2.39. The molecule has 0 aromatic heterocycles. The van der Waals surface area contributed by atoms with E-state index in [4.69, 9.17) is 9.16 Å². The van der Waals surface area contributed by atoms with Crippen LogP contribution in [0.3, 0.4) is 0 Å². The van der Waals surface area contributed by atoms with Crippen LogP contribution in [0.15, 0.2) is 0 Å². The van der Waals surface area contributed by atoms with Crippen LogP contribution in [0.5, 0.6) is 0 Å². The Hall–Kier alpha value is -0.393. The Morgan fingerprint density at radius 3 is 2.19 bits per heavy atom. The first kappa shape index (κ1) is 20.6. The average molecular weight is 319 g/mol. The molecule has 0 aliphatic heterocycles. The second kappa shape index (κ2) is 8.29. The number of ether oxygens (including phenoxy) is 1. The SMILES string of the molecule is CC[C@H](C)[C@@H](O)C[C@@H](CC(=O)OC)O[Si](C)(C)C(C)(C)C. The molecule has 0 aliphatic rings. The van der Waals surface area contributed by atoms with E-state index in [1.54, 1.807) is 0 Å². The molecule has 0 aliphatic carbocycles. The van der Waals surface area contributed by atoms with Crippen LogP contribution in [0.2, 0.25) is 18.1 Å². The van der Waals surface area contributed by atoms with Crippen LogP contribution in [0.1, 0.15) is 53.9 Å². The molecule has 0 fully saturated rings. The smallest absolute Gasteiger partial charge is 0.308 e. The van der Waals surface area contributed by atoms with Gasteiger partial charge in [-0.2, -0.15) is 0 Å². The molecule has 0 spiro atoms. The number of rotatable bonds is 8. The zero-order valence-electron chi connectivity index (χ0n) is 15.0. The van der Waals surface area contributed by atoms with Gasteiger partial charge in [-0.25, -0.2) is 0 Å². The van der Waals surface area contributed by atoms with E-state index in [-0.39, 0.29) is 29.5 Å². The van der Waals surface area contributed by atoms with Crippen LogP contribution in [-0.4, -0.2) is 38.7 Å². The van der Waals surface area contributed by atoms with E-state index in [1.165, 1.54) is 7.11 Å². The maximum absolute atomic E-state index is 11.6. The quantitative estimate of drug-likeness (QED) is 0.547. The number of carbonyl (C=O) groups excluding carboxylic acids is 1. The van der Waals surface area contributed by atoms with E-state index in [2.05, 4.69) is 40.8 Å². The molecule has 0 heterocycles. The highest BCUT2D eigenvalue weighted by Gasteiger charge is 2.40. The molecular formula is C16H34O4Si. The van der Waals surface area contributed by atoms with Crippen molar-refractivity contribution in [2.24, 2.45) is 5.92 Å². The molecule has 0 aromatic carbocycles. The van der Waals surface area contributed by atoms with E-state index in [9.17, 15) is 9.90 Å². The molecular weight excluding hydrogens is 284 g/mol. The van der Waals surface area contributed by atoms with Crippen LogP contribution in [-0.2, 0) is 14.0 Å². The minimum atomic E-state index is -1.98. The van der Waals surface area contributed by atoms with Crippen molar-refractivity contribution in [3.63, 3.8) is 0 Å². The van der Waals surface area contributed by atoms with Crippen molar-refractivity contribution in [3.05, 3.63) is 0 Å². The second-order valence-corrected chi connectivity index (χ2v) is 12.2. The minimum absolute atomic E-state index is 0.0721. The lowest BCUT2D eigenvalue weighted by atomic mass is 9.96. The largest absolute Gasteiger partial charge is 0.469 e. The zero-order chi connectivity index (χ0) is 16.8. The predicted molar refractivity (Wildman–Crippen MR) is 88.8 cm³/mol. The summed E-state index contributed by atoms with van der Waals surface area (Å²) in [6, 6.07) is 0. The number of hydrogen-bond acceptors (Lipinski definition) is 4. The molecule has 21 heavy (non-hydrogen) atoms. The van der Waals surface area contributed by atoms with Crippen LogP contribution in [0.25, 0.3) is 0 Å². The highest BCUT2D eigenvalue weighted by molar-refractivity contribution is 6.74. The lowest BCUT2D eigenvalue weighted by molar-refractivity contribution is -0.143. The molecule has 0 aromatic rings. The van der Waals surface area contributed by atoms with Gasteiger partial charge in [-0.05, 0) is 30.5 Å². The van der Waals surface area contributed by atoms with Gasteiger partial charge in [-0.15, -0.1) is 0 Å². The van der Waals surface area contributed by atoms with Crippen molar-refractivity contribution in [1.82, 2.24) is 0 Å². The van der Waals surface area contributed by atoms with Crippen molar-refractivity contribution < 1.29 is 19.1 Å². The Morgan fingerprint density at radius 1 is 1.29 bits per heavy atom. The molecule has 0 radical (unpaired) electrons. The standard InChI is InChI=1S/C16H34O4Si/c1-9-12(2)14(17)10-13(11-15(18)19-6)20-21(7,8)16(3,4)5/h12-14,17H,9-11H2,1-8H3/t12-,13-,14-/m0/s1. The third-order valence-electron chi connectivity index (χ3n) is 4.69. The van der Waals surface area contributed by atoms with Crippen molar-refractivity contribution in [2.75, 3.05) is 7.11 Å². The van der Waals surface area contributed by atoms with E-state index in [0.29, 0.717) is 6.42 Å². The summed E-state index contributed by atoms with van der Waals surface area (Å²) in [5, 5.41) is 10.3. The summed E-state index contributed by atoms with van der Waals surface area (Å²) in [5.41, 5.74) is 0. The van der Waals surface area contributed by atoms with E-state index >= 15 is 0 Å². The molecule has 126 valence electrons. The zero-order valence-corrected chi connectivity index (χ0v) is 16.0. The summed E-state index contributed by atoms with van der Waals surface area (Å²) in [4.78, 5) is 11.6. The highest BCUT2D eigenvalue weighted by atomic mass is 28.4. The van der Waals surface area contributed by atoms with E-state index in [1.807, 2.05) is 6.92 Å². The fraction of sp³-hybridized carbons (Fsp3) is 0.938. The molecule has 1 N–H and O–H groups in total. The predicted octanol–water partition coefficient (Wildman–Crippen LogP) is 3.74. The van der Waals surface area contributed by atoms with Crippen molar-refractivity contribution in [3.8, 4) is 0 Å². The van der Waals surface area contributed by atoms with Crippen molar-refractivity contribution in [1.29, 1.82) is 0 Å². The molecule has 3 atom stereocenters. The Balaban J connectivity index is 4.94. The van der Waals surface area contributed by atoms with Gasteiger partial charge >= 0.3 is 5.97 Å². The monoisotopic (exact) mass is 318 g/mol. The first-order chi connectivity index (χ1) is 9.44. The normalized spacial score (nSPS) is 17.2. The van der Waals surface area contributed by atoms with Gasteiger partial charge < -0.3 is 14.3 Å². The highest BCUT2D eigenvalue weighted by Crippen LogP contribution is 2.38. The Kier molecular flexibility index (Phi) is 8.14. The number of aliphatic hydroxyl groups is 1. The number of hydrogen-bond donors (Lipinski definition) is 1. The van der Waals surface area contributed by atoms with Gasteiger partial charge in [0, 0.05) is 0 Å². The number of carbonyl (C=O) groups is 1. The van der Waals surface area contributed by atoms with Crippen molar-refractivity contribution >= 4 is 14.3 Å².